The number of amides is 1. The van der Waals surface area contributed by atoms with Crippen molar-refractivity contribution in [2.24, 2.45) is 0 Å². The first-order valence-corrected chi connectivity index (χ1v) is 5.35. The van der Waals surface area contributed by atoms with Crippen molar-refractivity contribution in [1.29, 1.82) is 0 Å². The second kappa shape index (κ2) is 5.95. The lowest BCUT2D eigenvalue weighted by Gasteiger charge is -2.22. The Labute approximate surface area is 95.7 Å². The molecule has 0 aromatic carbocycles. The van der Waals surface area contributed by atoms with Crippen LogP contribution in [0.25, 0.3) is 0 Å². The van der Waals surface area contributed by atoms with Gasteiger partial charge in [0.05, 0.1) is 6.54 Å². The molecule has 1 aromatic heterocycles. The van der Waals surface area contributed by atoms with Gasteiger partial charge in [-0.15, -0.1) is 0 Å². The Bertz CT molecular complexity index is 354. The standard InChI is InChI=1S/C11H18N4O/c1-3-7-15(8-11(16)13-2)10-6-4-5-9(12)14-10/h4-6H,3,7-8H2,1-2H3,(H2,12,14)(H,13,16). The van der Waals surface area contributed by atoms with Crippen LogP contribution in [0, 0.1) is 0 Å². The van der Waals surface area contributed by atoms with Crippen molar-refractivity contribution < 1.29 is 4.79 Å². The van der Waals surface area contributed by atoms with Crippen LogP contribution < -0.4 is 16.0 Å². The fraction of sp³-hybridized carbons (Fsp3) is 0.455. The molecule has 1 aromatic rings. The van der Waals surface area contributed by atoms with Crippen LogP contribution in [0.4, 0.5) is 11.6 Å². The Morgan fingerprint density at radius 1 is 1.56 bits per heavy atom. The van der Waals surface area contributed by atoms with Crippen LogP contribution in [0.5, 0.6) is 0 Å². The maximum Gasteiger partial charge on any atom is 0.239 e. The minimum Gasteiger partial charge on any atom is -0.384 e. The van der Waals surface area contributed by atoms with Crippen LogP contribution in [0.15, 0.2) is 18.2 Å². The second-order valence-electron chi connectivity index (χ2n) is 3.52. The number of carbonyl (C=O) groups is 1. The Balaban J connectivity index is 2.80. The number of likely N-dealkylation sites (N-methyl/N-ethyl adjacent to an activating group) is 1. The quantitative estimate of drug-likeness (QED) is 0.766. The largest absolute Gasteiger partial charge is 0.384 e. The summed E-state index contributed by atoms with van der Waals surface area (Å²) in [5, 5.41) is 2.60. The molecule has 1 heterocycles. The van der Waals surface area contributed by atoms with E-state index in [1.165, 1.54) is 0 Å². The summed E-state index contributed by atoms with van der Waals surface area (Å²) in [6, 6.07) is 5.42. The molecule has 88 valence electrons. The maximum atomic E-state index is 11.3. The summed E-state index contributed by atoms with van der Waals surface area (Å²) >= 11 is 0. The maximum absolute atomic E-state index is 11.3. The fourth-order valence-electron chi connectivity index (χ4n) is 1.41. The lowest BCUT2D eigenvalue weighted by molar-refractivity contribution is -0.119. The number of anilines is 2. The lowest BCUT2D eigenvalue weighted by Crippen LogP contribution is -2.36. The van der Waals surface area contributed by atoms with E-state index >= 15 is 0 Å². The molecule has 0 aliphatic rings. The molecule has 0 aliphatic heterocycles. The Hall–Kier alpha value is -1.78. The van der Waals surface area contributed by atoms with E-state index in [1.54, 1.807) is 13.1 Å². The first-order chi connectivity index (χ1) is 7.67. The van der Waals surface area contributed by atoms with Gasteiger partial charge in [-0.25, -0.2) is 4.98 Å². The molecule has 3 N–H and O–H groups in total. The number of aromatic nitrogens is 1. The summed E-state index contributed by atoms with van der Waals surface area (Å²) in [6.07, 6.45) is 0.952. The van der Waals surface area contributed by atoms with Crippen LogP contribution in [0.3, 0.4) is 0 Å². The van der Waals surface area contributed by atoms with Crippen molar-refractivity contribution in [2.75, 3.05) is 30.8 Å². The molecule has 0 saturated carbocycles. The first-order valence-electron chi connectivity index (χ1n) is 5.35. The summed E-state index contributed by atoms with van der Waals surface area (Å²) in [5.41, 5.74) is 5.62. The summed E-state index contributed by atoms with van der Waals surface area (Å²) < 4.78 is 0. The average Bonchev–Trinajstić information content (AvgIpc) is 2.28. The SMILES string of the molecule is CCCN(CC(=O)NC)c1cccc(N)n1. The molecule has 0 atom stereocenters. The van der Waals surface area contributed by atoms with E-state index in [1.807, 2.05) is 17.0 Å². The summed E-state index contributed by atoms with van der Waals surface area (Å²) in [7, 11) is 1.62. The first kappa shape index (κ1) is 12.3. The van der Waals surface area contributed by atoms with Gasteiger partial charge in [-0.05, 0) is 18.6 Å². The van der Waals surface area contributed by atoms with Crippen LogP contribution in [-0.4, -0.2) is 31.0 Å². The molecule has 1 rings (SSSR count). The molecule has 1 amide bonds. The topological polar surface area (TPSA) is 71.2 Å². The highest BCUT2D eigenvalue weighted by molar-refractivity contribution is 5.80. The molecule has 0 bridgehead atoms. The van der Waals surface area contributed by atoms with E-state index in [0.29, 0.717) is 12.4 Å². The monoisotopic (exact) mass is 222 g/mol. The van der Waals surface area contributed by atoms with Crippen molar-refractivity contribution >= 4 is 17.5 Å². The van der Waals surface area contributed by atoms with Gasteiger partial charge >= 0.3 is 0 Å². The van der Waals surface area contributed by atoms with Crippen LogP contribution in [0.2, 0.25) is 0 Å². The van der Waals surface area contributed by atoms with Gasteiger partial charge in [0.2, 0.25) is 5.91 Å². The van der Waals surface area contributed by atoms with Gasteiger partial charge in [-0.1, -0.05) is 13.0 Å². The third kappa shape index (κ3) is 3.42. The van der Waals surface area contributed by atoms with E-state index in [9.17, 15) is 4.79 Å². The number of nitrogens with zero attached hydrogens (tertiary/aromatic N) is 2. The van der Waals surface area contributed by atoms with E-state index < -0.39 is 0 Å². The van der Waals surface area contributed by atoms with Gasteiger partial charge < -0.3 is 16.0 Å². The third-order valence-electron chi connectivity index (χ3n) is 2.19. The third-order valence-corrected chi connectivity index (χ3v) is 2.19. The molecule has 0 aliphatic carbocycles. The number of nitrogens with one attached hydrogen (secondary N) is 1. The molecule has 0 radical (unpaired) electrons. The van der Waals surface area contributed by atoms with E-state index in [0.717, 1.165) is 18.8 Å². The fourth-order valence-corrected chi connectivity index (χ4v) is 1.41. The van der Waals surface area contributed by atoms with Gasteiger partial charge in [0, 0.05) is 13.6 Å². The Morgan fingerprint density at radius 2 is 2.31 bits per heavy atom. The number of nitrogens with two attached hydrogens (primary N) is 1. The molecule has 5 heteroatoms. The molecule has 0 fully saturated rings. The highest BCUT2D eigenvalue weighted by Crippen LogP contribution is 2.12. The molecule has 16 heavy (non-hydrogen) atoms. The molecule has 5 nitrogen and oxygen atoms in total. The Kier molecular flexibility index (Phi) is 4.57. The van der Waals surface area contributed by atoms with Crippen LogP contribution in [0.1, 0.15) is 13.3 Å². The van der Waals surface area contributed by atoms with Crippen molar-refractivity contribution in [1.82, 2.24) is 10.3 Å². The minimum atomic E-state index is -0.0299. The summed E-state index contributed by atoms with van der Waals surface area (Å²) in [4.78, 5) is 17.5. The van der Waals surface area contributed by atoms with Crippen molar-refractivity contribution in [3.05, 3.63) is 18.2 Å². The number of rotatable bonds is 5. The lowest BCUT2D eigenvalue weighted by atomic mass is 10.3. The van der Waals surface area contributed by atoms with Gasteiger partial charge in [0.25, 0.3) is 0 Å². The Morgan fingerprint density at radius 3 is 2.88 bits per heavy atom. The van der Waals surface area contributed by atoms with Crippen molar-refractivity contribution in [3.8, 4) is 0 Å². The average molecular weight is 222 g/mol. The van der Waals surface area contributed by atoms with Gasteiger partial charge in [0.15, 0.2) is 0 Å². The molecule has 0 spiro atoms. The number of hydrogen-bond donors (Lipinski definition) is 2. The minimum absolute atomic E-state index is 0.0299. The summed E-state index contributed by atoms with van der Waals surface area (Å²) in [6.45, 7) is 3.15. The smallest absolute Gasteiger partial charge is 0.239 e. The van der Waals surface area contributed by atoms with Gasteiger partial charge in [0.1, 0.15) is 11.6 Å². The number of nitrogen functional groups attached to an aromatic ring is 1. The molecular formula is C11H18N4O. The number of pyridine rings is 1. The molecule has 0 unspecified atom stereocenters. The predicted molar refractivity (Wildman–Crippen MR) is 65.2 cm³/mol. The van der Waals surface area contributed by atoms with Gasteiger partial charge in [-0.2, -0.15) is 0 Å². The predicted octanol–water partition coefficient (Wildman–Crippen LogP) is 0.626. The van der Waals surface area contributed by atoms with Crippen molar-refractivity contribution in [2.45, 2.75) is 13.3 Å². The van der Waals surface area contributed by atoms with E-state index in [-0.39, 0.29) is 5.91 Å². The highest BCUT2D eigenvalue weighted by Gasteiger charge is 2.10. The number of hydrogen-bond acceptors (Lipinski definition) is 4. The number of carbonyl (C=O) groups excluding carboxylic acids is 1. The molecule has 0 saturated heterocycles. The summed E-state index contributed by atoms with van der Waals surface area (Å²) in [5.74, 6) is 1.18. The van der Waals surface area contributed by atoms with Gasteiger partial charge in [-0.3, -0.25) is 4.79 Å². The van der Waals surface area contributed by atoms with E-state index in [2.05, 4.69) is 17.2 Å². The normalized spacial score (nSPS) is 9.88. The van der Waals surface area contributed by atoms with Crippen LogP contribution in [-0.2, 0) is 4.79 Å². The van der Waals surface area contributed by atoms with Crippen LogP contribution >= 0.6 is 0 Å². The zero-order valence-electron chi connectivity index (χ0n) is 9.73. The zero-order chi connectivity index (χ0) is 12.0. The molecular weight excluding hydrogens is 204 g/mol. The highest BCUT2D eigenvalue weighted by atomic mass is 16.1. The van der Waals surface area contributed by atoms with Crippen molar-refractivity contribution in [3.63, 3.8) is 0 Å². The zero-order valence-corrected chi connectivity index (χ0v) is 9.73. The van der Waals surface area contributed by atoms with E-state index in [4.69, 9.17) is 5.73 Å². The second-order valence-corrected chi connectivity index (χ2v) is 3.52.